The van der Waals surface area contributed by atoms with E-state index >= 15 is 0 Å². The van der Waals surface area contributed by atoms with Gasteiger partial charge < -0.3 is 10.6 Å². The Bertz CT molecular complexity index is 575. The SMILES string of the molecule is CN(Cc1cccc(F)c1)C(=O)C(N)CCS(C)(=O)=O. The number of rotatable bonds is 6. The first-order valence-electron chi connectivity index (χ1n) is 6.12. The van der Waals surface area contributed by atoms with Crippen LogP contribution in [0.3, 0.4) is 0 Å². The van der Waals surface area contributed by atoms with Crippen molar-refractivity contribution >= 4 is 15.7 Å². The number of nitrogens with zero attached hydrogens (tertiary/aromatic N) is 1. The molecule has 0 radical (unpaired) electrons. The van der Waals surface area contributed by atoms with Crippen LogP contribution in [0.15, 0.2) is 24.3 Å². The lowest BCUT2D eigenvalue weighted by atomic mass is 10.1. The fourth-order valence-electron chi connectivity index (χ4n) is 1.73. The molecule has 0 aliphatic carbocycles. The lowest BCUT2D eigenvalue weighted by molar-refractivity contribution is -0.131. The van der Waals surface area contributed by atoms with E-state index < -0.39 is 15.9 Å². The van der Waals surface area contributed by atoms with Gasteiger partial charge in [-0.3, -0.25) is 4.79 Å². The first-order valence-corrected chi connectivity index (χ1v) is 8.18. The van der Waals surface area contributed by atoms with Gasteiger partial charge in [-0.25, -0.2) is 12.8 Å². The molecule has 2 N–H and O–H groups in total. The van der Waals surface area contributed by atoms with Crippen molar-refractivity contribution in [1.82, 2.24) is 4.90 Å². The molecular weight excluding hydrogens is 283 g/mol. The summed E-state index contributed by atoms with van der Waals surface area (Å²) in [5, 5.41) is 0. The second-order valence-electron chi connectivity index (χ2n) is 4.85. The number of nitrogens with two attached hydrogens (primary N) is 1. The predicted octanol–water partition coefficient (Wildman–Crippen LogP) is 0.546. The van der Waals surface area contributed by atoms with Gasteiger partial charge in [-0.15, -0.1) is 0 Å². The third-order valence-corrected chi connectivity index (χ3v) is 3.78. The molecule has 0 saturated heterocycles. The lowest BCUT2D eigenvalue weighted by Gasteiger charge is -2.21. The summed E-state index contributed by atoms with van der Waals surface area (Å²) in [6.45, 7) is 0.225. The largest absolute Gasteiger partial charge is 0.340 e. The summed E-state index contributed by atoms with van der Waals surface area (Å²) in [5.74, 6) is -0.865. The molecule has 1 amide bonds. The molecule has 7 heteroatoms. The number of sulfone groups is 1. The molecular formula is C13H19FN2O3S. The van der Waals surface area contributed by atoms with Crippen molar-refractivity contribution in [2.75, 3.05) is 19.1 Å². The molecule has 0 aliphatic heterocycles. The number of hydrogen-bond donors (Lipinski definition) is 1. The minimum absolute atomic E-state index is 0.0746. The second kappa shape index (κ2) is 6.81. The number of carbonyl (C=O) groups excluding carboxylic acids is 1. The van der Waals surface area contributed by atoms with Crippen LogP contribution in [0.2, 0.25) is 0 Å². The van der Waals surface area contributed by atoms with Gasteiger partial charge in [0.2, 0.25) is 5.91 Å². The summed E-state index contributed by atoms with van der Waals surface area (Å²) >= 11 is 0. The maximum Gasteiger partial charge on any atom is 0.239 e. The molecule has 0 heterocycles. The topological polar surface area (TPSA) is 80.5 Å². The van der Waals surface area contributed by atoms with Crippen molar-refractivity contribution in [2.45, 2.75) is 19.0 Å². The smallest absolute Gasteiger partial charge is 0.239 e. The Hall–Kier alpha value is -1.47. The molecule has 1 rings (SSSR count). The van der Waals surface area contributed by atoms with Gasteiger partial charge in [-0.1, -0.05) is 12.1 Å². The van der Waals surface area contributed by atoms with Gasteiger partial charge in [-0.05, 0) is 24.1 Å². The van der Waals surface area contributed by atoms with Gasteiger partial charge in [0.1, 0.15) is 15.7 Å². The highest BCUT2D eigenvalue weighted by Crippen LogP contribution is 2.08. The van der Waals surface area contributed by atoms with E-state index in [1.165, 1.54) is 17.0 Å². The van der Waals surface area contributed by atoms with Gasteiger partial charge in [0.25, 0.3) is 0 Å². The highest BCUT2D eigenvalue weighted by molar-refractivity contribution is 7.90. The van der Waals surface area contributed by atoms with E-state index in [0.29, 0.717) is 5.56 Å². The van der Waals surface area contributed by atoms with Crippen LogP contribution in [-0.2, 0) is 21.2 Å². The van der Waals surface area contributed by atoms with Crippen molar-refractivity contribution in [2.24, 2.45) is 5.73 Å². The molecule has 0 aromatic heterocycles. The maximum atomic E-state index is 13.0. The van der Waals surface area contributed by atoms with Crippen LogP contribution in [0.5, 0.6) is 0 Å². The molecule has 1 aromatic rings. The van der Waals surface area contributed by atoms with Crippen LogP contribution < -0.4 is 5.73 Å². The van der Waals surface area contributed by atoms with Crippen LogP contribution in [0.4, 0.5) is 4.39 Å². The van der Waals surface area contributed by atoms with E-state index in [1.807, 2.05) is 0 Å². The molecule has 0 spiro atoms. The predicted molar refractivity (Wildman–Crippen MR) is 75.2 cm³/mol. The zero-order valence-corrected chi connectivity index (χ0v) is 12.4. The van der Waals surface area contributed by atoms with Crippen LogP contribution in [0, 0.1) is 5.82 Å². The Labute approximate surface area is 118 Å². The zero-order chi connectivity index (χ0) is 15.3. The minimum atomic E-state index is -3.14. The summed E-state index contributed by atoms with van der Waals surface area (Å²) in [4.78, 5) is 13.3. The Morgan fingerprint density at radius 2 is 2.10 bits per heavy atom. The Balaban J connectivity index is 2.58. The Kier molecular flexibility index (Phi) is 5.64. The van der Waals surface area contributed by atoms with E-state index in [0.717, 1.165) is 6.26 Å². The zero-order valence-electron chi connectivity index (χ0n) is 11.5. The van der Waals surface area contributed by atoms with Gasteiger partial charge in [0, 0.05) is 19.8 Å². The van der Waals surface area contributed by atoms with Gasteiger partial charge in [0.05, 0.1) is 11.8 Å². The summed E-state index contributed by atoms with van der Waals surface area (Å²) < 4.78 is 35.1. The summed E-state index contributed by atoms with van der Waals surface area (Å²) in [5.41, 5.74) is 6.33. The number of benzene rings is 1. The molecule has 1 unspecified atom stereocenters. The van der Waals surface area contributed by atoms with Gasteiger partial charge in [-0.2, -0.15) is 0 Å². The fourth-order valence-corrected chi connectivity index (χ4v) is 2.42. The molecule has 5 nitrogen and oxygen atoms in total. The number of amides is 1. The molecule has 0 fully saturated rings. The van der Waals surface area contributed by atoms with Crippen LogP contribution in [-0.4, -0.2) is 44.3 Å². The number of hydrogen-bond acceptors (Lipinski definition) is 4. The summed E-state index contributed by atoms with van der Waals surface area (Å²) in [6, 6.07) is 5.06. The molecule has 1 atom stereocenters. The number of carbonyl (C=O) groups is 1. The highest BCUT2D eigenvalue weighted by Gasteiger charge is 2.19. The van der Waals surface area contributed by atoms with Crippen molar-refractivity contribution < 1.29 is 17.6 Å². The monoisotopic (exact) mass is 302 g/mol. The van der Waals surface area contributed by atoms with E-state index in [4.69, 9.17) is 5.73 Å². The maximum absolute atomic E-state index is 13.0. The van der Waals surface area contributed by atoms with E-state index in [-0.39, 0.29) is 30.4 Å². The standard InChI is InChI=1S/C13H19FN2O3S/c1-16(9-10-4-3-5-11(14)8-10)13(17)12(15)6-7-20(2,18)19/h3-5,8,12H,6-7,9,15H2,1-2H3. The van der Waals surface area contributed by atoms with Gasteiger partial charge in [0.15, 0.2) is 0 Å². The van der Waals surface area contributed by atoms with Crippen molar-refractivity contribution in [3.05, 3.63) is 35.6 Å². The molecule has 0 aliphatic rings. The normalized spacial score (nSPS) is 13.0. The van der Waals surface area contributed by atoms with Crippen molar-refractivity contribution in [3.63, 3.8) is 0 Å². The van der Waals surface area contributed by atoms with Gasteiger partial charge >= 0.3 is 0 Å². The van der Waals surface area contributed by atoms with Crippen LogP contribution in [0.1, 0.15) is 12.0 Å². The van der Waals surface area contributed by atoms with E-state index in [2.05, 4.69) is 0 Å². The Morgan fingerprint density at radius 3 is 2.65 bits per heavy atom. The molecule has 112 valence electrons. The third-order valence-electron chi connectivity index (χ3n) is 2.80. The van der Waals surface area contributed by atoms with E-state index in [1.54, 1.807) is 19.2 Å². The number of likely N-dealkylation sites (N-methyl/N-ethyl adjacent to an activating group) is 1. The first-order chi connectivity index (χ1) is 9.19. The summed E-state index contributed by atoms with van der Waals surface area (Å²) in [6.07, 6.45) is 1.17. The number of halogens is 1. The minimum Gasteiger partial charge on any atom is -0.340 e. The van der Waals surface area contributed by atoms with Crippen LogP contribution in [0.25, 0.3) is 0 Å². The van der Waals surface area contributed by atoms with Crippen molar-refractivity contribution in [1.29, 1.82) is 0 Å². The lowest BCUT2D eigenvalue weighted by Crippen LogP contribution is -2.42. The third kappa shape index (κ3) is 5.66. The molecule has 1 aromatic carbocycles. The fraction of sp³-hybridized carbons (Fsp3) is 0.462. The van der Waals surface area contributed by atoms with E-state index in [9.17, 15) is 17.6 Å². The van der Waals surface area contributed by atoms with Crippen LogP contribution >= 0.6 is 0 Å². The first kappa shape index (κ1) is 16.6. The molecule has 20 heavy (non-hydrogen) atoms. The van der Waals surface area contributed by atoms with Crippen molar-refractivity contribution in [3.8, 4) is 0 Å². The highest BCUT2D eigenvalue weighted by atomic mass is 32.2. The molecule has 0 saturated carbocycles. The Morgan fingerprint density at radius 1 is 1.45 bits per heavy atom. The molecule has 0 bridgehead atoms. The second-order valence-corrected chi connectivity index (χ2v) is 7.11. The quantitative estimate of drug-likeness (QED) is 0.832. The average Bonchev–Trinajstić information content (AvgIpc) is 2.34. The average molecular weight is 302 g/mol. The summed E-state index contributed by atoms with van der Waals surface area (Å²) in [7, 11) is -1.59.